The zero-order valence-electron chi connectivity index (χ0n) is 10.4. The second-order valence-corrected chi connectivity index (χ2v) is 2.86. The van der Waals surface area contributed by atoms with Crippen LogP contribution in [0.15, 0.2) is 12.2 Å². The maximum atomic E-state index is 9.77. The first-order valence-electron chi connectivity index (χ1n) is 4.70. The first kappa shape index (κ1) is 23.9. The Balaban J connectivity index is -0.000000269. The van der Waals surface area contributed by atoms with Gasteiger partial charge in [-0.2, -0.15) is 0 Å². The van der Waals surface area contributed by atoms with Crippen LogP contribution in [0.2, 0.25) is 0 Å². The van der Waals surface area contributed by atoms with Gasteiger partial charge in [-0.15, -0.1) is 0 Å². The summed E-state index contributed by atoms with van der Waals surface area (Å²) in [5.74, 6) is -6.05. The van der Waals surface area contributed by atoms with Crippen LogP contribution in [-0.4, -0.2) is 83.1 Å². The minimum absolute atomic E-state index is 0.558. The van der Waals surface area contributed by atoms with Crippen molar-refractivity contribution in [2.75, 3.05) is 0 Å². The van der Waals surface area contributed by atoms with Gasteiger partial charge in [0.2, 0.25) is 0 Å². The molecular weight excluding hydrogens is 316 g/mol. The number of rotatable bonds is 5. The molecular formula is C9H12O13. The van der Waals surface area contributed by atoms with Crippen LogP contribution in [0.25, 0.3) is 0 Å². The first-order chi connectivity index (χ1) is 9.82. The van der Waals surface area contributed by atoms with Gasteiger partial charge < -0.3 is 40.9 Å². The lowest BCUT2D eigenvalue weighted by molar-refractivity contribution is -0.165. The Kier molecular flexibility index (Phi) is 13.9. The van der Waals surface area contributed by atoms with Gasteiger partial charge >= 0.3 is 30.0 Å². The van der Waals surface area contributed by atoms with Crippen molar-refractivity contribution in [1.29, 1.82) is 0 Å². The Morgan fingerprint density at radius 1 is 0.591 bits per heavy atom. The van der Waals surface area contributed by atoms with Crippen molar-refractivity contribution in [3.8, 4) is 0 Å². The lowest BCUT2D eigenvalue weighted by Gasteiger charge is -2.07. The molecule has 0 spiro atoms. The van der Waals surface area contributed by atoms with Gasteiger partial charge in [-0.25, -0.2) is 24.0 Å². The third-order valence-corrected chi connectivity index (χ3v) is 1.17. The highest BCUT2D eigenvalue weighted by atomic mass is 16.6. The van der Waals surface area contributed by atoms with Crippen LogP contribution in [-0.2, 0) is 19.2 Å². The molecule has 13 nitrogen and oxygen atoms in total. The highest BCUT2D eigenvalue weighted by Crippen LogP contribution is 1.92. The van der Waals surface area contributed by atoms with Gasteiger partial charge in [0.1, 0.15) is 0 Å². The molecule has 0 saturated heterocycles. The van der Waals surface area contributed by atoms with Crippen LogP contribution in [0.5, 0.6) is 0 Å². The summed E-state index contributed by atoms with van der Waals surface area (Å²) in [4.78, 5) is 47.2. The van der Waals surface area contributed by atoms with E-state index in [1.807, 2.05) is 0 Å². The Labute approximate surface area is 120 Å². The van der Waals surface area contributed by atoms with E-state index in [0.29, 0.717) is 12.2 Å². The lowest BCUT2D eigenvalue weighted by atomic mass is 10.2. The van der Waals surface area contributed by atoms with Crippen LogP contribution in [0.3, 0.4) is 0 Å². The summed E-state index contributed by atoms with van der Waals surface area (Å²) >= 11 is 0. The van der Waals surface area contributed by atoms with Crippen molar-refractivity contribution >= 4 is 30.0 Å². The Morgan fingerprint density at radius 3 is 0.864 bits per heavy atom. The number of carboxylic acid groups (broad SMARTS) is 6. The number of hydrogen-bond donors (Lipinski definition) is 8. The third kappa shape index (κ3) is 22.0. The summed E-state index contributed by atoms with van der Waals surface area (Å²) in [5.41, 5.74) is 0. The van der Waals surface area contributed by atoms with Gasteiger partial charge in [0.05, 0.1) is 0 Å². The summed E-state index contributed by atoms with van der Waals surface area (Å²) in [5, 5.41) is 62.1. The molecule has 0 amide bonds. The molecule has 2 unspecified atom stereocenters. The van der Waals surface area contributed by atoms with Crippen molar-refractivity contribution in [3.63, 3.8) is 0 Å². The Morgan fingerprint density at radius 2 is 0.773 bits per heavy atom. The third-order valence-electron chi connectivity index (χ3n) is 1.17. The van der Waals surface area contributed by atoms with Gasteiger partial charge in [0.15, 0.2) is 12.2 Å². The molecule has 0 fully saturated rings. The van der Waals surface area contributed by atoms with Gasteiger partial charge in [0.25, 0.3) is 0 Å². The van der Waals surface area contributed by atoms with Gasteiger partial charge in [-0.3, -0.25) is 0 Å². The molecule has 0 saturated carbocycles. The normalized spacial score (nSPS) is 11.7. The minimum atomic E-state index is -2.27. The largest absolute Gasteiger partial charge is 0.503 e. The molecule has 13 heteroatoms. The molecule has 0 aromatic rings. The van der Waals surface area contributed by atoms with Crippen LogP contribution in [0.1, 0.15) is 0 Å². The summed E-state index contributed by atoms with van der Waals surface area (Å²) < 4.78 is 0. The predicted molar refractivity (Wildman–Crippen MR) is 62.4 cm³/mol. The number of hydrogen-bond acceptors (Lipinski definition) is 7. The topological polar surface area (TPSA) is 247 Å². The molecule has 0 bridgehead atoms. The molecule has 0 aliphatic carbocycles. The molecule has 0 aliphatic heterocycles. The standard InChI is InChI=1S/C4H6O6.C4H4O4.CH2O3/c5-1(3(7)8)2(6)4(9)10;5-3(6)1-2-4(7)8;2-1(3)4/h1-2,5-6H,(H,7,8)(H,9,10);1-2H,(H,5,6)(H,7,8);(H2,2,3,4). The highest BCUT2D eigenvalue weighted by Gasteiger charge is 2.29. The quantitative estimate of drug-likeness (QED) is 0.250. The van der Waals surface area contributed by atoms with Gasteiger partial charge in [-0.05, 0) is 0 Å². The van der Waals surface area contributed by atoms with Gasteiger partial charge in [-0.1, -0.05) is 0 Å². The molecule has 0 rings (SSSR count). The summed E-state index contributed by atoms with van der Waals surface area (Å²) in [6.45, 7) is 0. The van der Waals surface area contributed by atoms with E-state index in [1.165, 1.54) is 0 Å². The first-order valence-corrected chi connectivity index (χ1v) is 4.70. The SMILES string of the molecule is O=C(O)C(O)C(O)C(=O)O.O=C(O)C=CC(=O)O.O=C(O)O. The number of aliphatic carboxylic acids is 4. The van der Waals surface area contributed by atoms with Crippen molar-refractivity contribution in [1.82, 2.24) is 0 Å². The van der Waals surface area contributed by atoms with Crippen LogP contribution in [0, 0.1) is 0 Å². The van der Waals surface area contributed by atoms with Crippen LogP contribution in [0.4, 0.5) is 4.79 Å². The van der Waals surface area contributed by atoms with E-state index in [2.05, 4.69) is 0 Å². The van der Waals surface area contributed by atoms with E-state index in [1.54, 1.807) is 0 Å². The Bertz CT molecular complexity index is 399. The number of carbonyl (C=O) groups is 5. The summed E-state index contributed by atoms with van der Waals surface area (Å²) in [7, 11) is 0. The maximum absolute atomic E-state index is 9.77. The molecule has 0 heterocycles. The summed E-state index contributed by atoms with van der Waals surface area (Å²) in [6.07, 6.45) is -5.25. The monoisotopic (exact) mass is 328 g/mol. The maximum Gasteiger partial charge on any atom is 0.503 e. The minimum Gasteiger partial charge on any atom is -0.479 e. The molecule has 0 aromatic carbocycles. The number of carboxylic acids is 4. The number of aliphatic hydroxyl groups is 2. The second-order valence-electron chi connectivity index (χ2n) is 2.86. The summed E-state index contributed by atoms with van der Waals surface area (Å²) in [6, 6.07) is 0. The smallest absolute Gasteiger partial charge is 0.479 e. The van der Waals surface area contributed by atoms with E-state index in [9.17, 15) is 19.2 Å². The van der Waals surface area contributed by atoms with Crippen molar-refractivity contribution < 1.29 is 64.8 Å². The Hall–Kier alpha value is -3.19. The van der Waals surface area contributed by atoms with Crippen molar-refractivity contribution in [2.24, 2.45) is 0 Å². The van der Waals surface area contributed by atoms with Crippen molar-refractivity contribution in [3.05, 3.63) is 12.2 Å². The molecule has 2 atom stereocenters. The fraction of sp³-hybridized carbons (Fsp3) is 0.222. The zero-order chi connectivity index (χ0) is 18.5. The molecule has 0 aromatic heterocycles. The average Bonchev–Trinajstić information content (AvgIpc) is 2.34. The highest BCUT2D eigenvalue weighted by molar-refractivity contribution is 5.89. The second kappa shape index (κ2) is 12.8. The van der Waals surface area contributed by atoms with Gasteiger partial charge in [0, 0.05) is 12.2 Å². The lowest BCUT2D eigenvalue weighted by Crippen LogP contribution is -2.39. The van der Waals surface area contributed by atoms with Crippen LogP contribution < -0.4 is 0 Å². The molecule has 126 valence electrons. The van der Waals surface area contributed by atoms with Crippen molar-refractivity contribution in [2.45, 2.75) is 12.2 Å². The van der Waals surface area contributed by atoms with E-state index in [0.717, 1.165) is 0 Å². The molecule has 0 radical (unpaired) electrons. The van der Waals surface area contributed by atoms with E-state index in [4.69, 9.17) is 45.6 Å². The average molecular weight is 328 g/mol. The van der Waals surface area contributed by atoms with E-state index >= 15 is 0 Å². The predicted octanol–water partition coefficient (Wildman–Crippen LogP) is -2.19. The van der Waals surface area contributed by atoms with E-state index in [-0.39, 0.29) is 0 Å². The van der Waals surface area contributed by atoms with E-state index < -0.39 is 42.2 Å². The fourth-order valence-electron chi connectivity index (χ4n) is 0.413. The fourth-order valence-corrected chi connectivity index (χ4v) is 0.413. The zero-order valence-corrected chi connectivity index (χ0v) is 10.4. The molecule has 0 aliphatic rings. The molecule has 8 N–H and O–H groups in total. The molecule has 22 heavy (non-hydrogen) atoms. The van der Waals surface area contributed by atoms with Crippen LogP contribution >= 0.6 is 0 Å². The number of aliphatic hydroxyl groups excluding tert-OH is 2.